The number of amides is 1. The van der Waals surface area contributed by atoms with Crippen LogP contribution in [0.3, 0.4) is 0 Å². The highest BCUT2D eigenvalue weighted by Crippen LogP contribution is 2.44. The smallest absolute Gasteiger partial charge is 0.410 e. The monoisotopic (exact) mass is 399 g/mol. The van der Waals surface area contributed by atoms with Crippen molar-refractivity contribution in [1.82, 2.24) is 14.5 Å². The van der Waals surface area contributed by atoms with Crippen molar-refractivity contribution >= 4 is 22.0 Å². The van der Waals surface area contributed by atoms with Gasteiger partial charge < -0.3 is 19.3 Å². The Morgan fingerprint density at radius 2 is 1.96 bits per heavy atom. The predicted molar refractivity (Wildman–Crippen MR) is 93.5 cm³/mol. The van der Waals surface area contributed by atoms with Gasteiger partial charge in [-0.3, -0.25) is 0 Å². The molecule has 3 rings (SSSR count). The van der Waals surface area contributed by atoms with Crippen LogP contribution in [0.25, 0.3) is 0 Å². The van der Waals surface area contributed by atoms with Gasteiger partial charge in [0.1, 0.15) is 21.6 Å². The van der Waals surface area contributed by atoms with Crippen LogP contribution in [-0.4, -0.2) is 43.3 Å². The quantitative estimate of drug-likeness (QED) is 0.786. The highest BCUT2D eigenvalue weighted by Gasteiger charge is 2.50. The molecule has 2 aliphatic rings. The highest BCUT2D eigenvalue weighted by molar-refractivity contribution is 9.10. The first-order chi connectivity index (χ1) is 11.1. The summed E-state index contributed by atoms with van der Waals surface area (Å²) in [7, 11) is 1.89. The standard InChI is InChI=1S/C17H26BrN3O3/c1-16(2,3)24-15(22)21-11-6-5-7-12(21)9-17(23,8-11)14-19-13(18)10-20(14)4/h10-12,23H,5-9H2,1-4H3. The van der Waals surface area contributed by atoms with E-state index in [-0.39, 0.29) is 18.2 Å². The van der Waals surface area contributed by atoms with Gasteiger partial charge in [0.25, 0.3) is 0 Å². The molecule has 1 aromatic rings. The van der Waals surface area contributed by atoms with E-state index in [1.165, 1.54) is 0 Å². The Balaban J connectivity index is 1.85. The molecule has 0 spiro atoms. The number of piperidine rings is 2. The molecule has 0 aromatic carbocycles. The molecule has 3 heterocycles. The minimum atomic E-state index is -1.00. The number of hydrogen-bond donors (Lipinski definition) is 1. The lowest BCUT2D eigenvalue weighted by molar-refractivity contribution is -0.102. The van der Waals surface area contributed by atoms with E-state index in [4.69, 9.17) is 4.74 Å². The van der Waals surface area contributed by atoms with E-state index in [2.05, 4.69) is 20.9 Å². The first-order valence-corrected chi connectivity index (χ1v) is 9.31. The van der Waals surface area contributed by atoms with E-state index < -0.39 is 11.2 Å². The number of hydrogen-bond acceptors (Lipinski definition) is 4. The van der Waals surface area contributed by atoms with Crippen LogP contribution in [0.5, 0.6) is 0 Å². The number of fused-ring (bicyclic) bond motifs is 2. The lowest BCUT2D eigenvalue weighted by Gasteiger charge is -2.51. The number of nitrogens with zero attached hydrogens (tertiary/aromatic N) is 3. The van der Waals surface area contributed by atoms with Gasteiger partial charge >= 0.3 is 6.09 Å². The Morgan fingerprint density at radius 1 is 1.38 bits per heavy atom. The summed E-state index contributed by atoms with van der Waals surface area (Å²) in [5.41, 5.74) is -1.52. The zero-order chi connectivity index (χ0) is 17.7. The summed E-state index contributed by atoms with van der Waals surface area (Å²) in [6.45, 7) is 5.64. The third-order valence-electron chi connectivity index (χ3n) is 4.88. The van der Waals surface area contributed by atoms with Crippen LogP contribution < -0.4 is 0 Å². The van der Waals surface area contributed by atoms with Gasteiger partial charge in [-0.2, -0.15) is 0 Å². The minimum Gasteiger partial charge on any atom is -0.444 e. The van der Waals surface area contributed by atoms with Crippen LogP contribution in [0, 0.1) is 0 Å². The summed E-state index contributed by atoms with van der Waals surface area (Å²) in [6, 6.07) is -0.0133. The fourth-order valence-electron chi connectivity index (χ4n) is 4.09. The third-order valence-corrected chi connectivity index (χ3v) is 5.26. The zero-order valence-corrected chi connectivity index (χ0v) is 16.3. The second-order valence-corrected chi connectivity index (χ2v) is 8.88. The van der Waals surface area contributed by atoms with Gasteiger partial charge in [-0.1, -0.05) is 0 Å². The molecule has 2 aliphatic heterocycles. The van der Waals surface area contributed by atoms with Crippen LogP contribution in [0.2, 0.25) is 0 Å². The van der Waals surface area contributed by atoms with Gasteiger partial charge in [-0.25, -0.2) is 9.78 Å². The molecule has 0 radical (unpaired) electrons. The van der Waals surface area contributed by atoms with Gasteiger partial charge in [-0.05, 0) is 56.0 Å². The SMILES string of the molecule is Cn1cc(Br)nc1C1(O)CC2CCCC(C1)N2C(=O)OC(C)(C)C. The highest BCUT2D eigenvalue weighted by atomic mass is 79.9. The maximum atomic E-state index is 12.6. The molecule has 0 aliphatic carbocycles. The van der Waals surface area contributed by atoms with Crippen molar-refractivity contribution in [3.8, 4) is 0 Å². The van der Waals surface area contributed by atoms with Crippen LogP contribution in [0.4, 0.5) is 4.79 Å². The Labute approximate surface area is 151 Å². The fraction of sp³-hybridized carbons (Fsp3) is 0.765. The summed E-state index contributed by atoms with van der Waals surface area (Å²) in [5.74, 6) is 0.662. The van der Waals surface area contributed by atoms with Gasteiger partial charge in [0, 0.05) is 38.2 Å². The molecule has 7 heteroatoms. The van der Waals surface area contributed by atoms with Crippen LogP contribution in [0.1, 0.15) is 58.7 Å². The van der Waals surface area contributed by atoms with Crippen molar-refractivity contribution in [2.75, 3.05) is 0 Å². The van der Waals surface area contributed by atoms with Crippen LogP contribution in [-0.2, 0) is 17.4 Å². The topological polar surface area (TPSA) is 67.6 Å². The lowest BCUT2D eigenvalue weighted by atomic mass is 9.75. The molecule has 1 aromatic heterocycles. The van der Waals surface area contributed by atoms with E-state index in [0.29, 0.717) is 23.3 Å². The number of aliphatic hydroxyl groups is 1. The number of aromatic nitrogens is 2. The molecule has 1 N–H and O–H groups in total. The molecule has 2 unspecified atom stereocenters. The first-order valence-electron chi connectivity index (χ1n) is 8.52. The number of imidazole rings is 1. The zero-order valence-electron chi connectivity index (χ0n) is 14.8. The summed E-state index contributed by atoms with van der Waals surface area (Å²) in [4.78, 5) is 19.0. The summed E-state index contributed by atoms with van der Waals surface area (Å²) < 4.78 is 8.17. The lowest BCUT2D eigenvalue weighted by Crippen LogP contribution is -2.60. The Kier molecular flexibility index (Phi) is 4.45. The number of carbonyl (C=O) groups is 1. The van der Waals surface area contributed by atoms with Crippen molar-refractivity contribution in [2.45, 2.75) is 76.2 Å². The molecular weight excluding hydrogens is 374 g/mol. The van der Waals surface area contributed by atoms with Gasteiger partial charge in [0.2, 0.25) is 0 Å². The van der Waals surface area contributed by atoms with E-state index >= 15 is 0 Å². The Hall–Kier alpha value is -1.08. The molecule has 0 saturated carbocycles. The van der Waals surface area contributed by atoms with Gasteiger partial charge in [-0.15, -0.1) is 0 Å². The molecule has 2 atom stereocenters. The van der Waals surface area contributed by atoms with Crippen molar-refractivity contribution < 1.29 is 14.6 Å². The number of rotatable bonds is 1. The van der Waals surface area contributed by atoms with Crippen molar-refractivity contribution in [3.63, 3.8) is 0 Å². The average Bonchev–Trinajstić information content (AvgIpc) is 2.75. The molecule has 134 valence electrons. The van der Waals surface area contributed by atoms with Gasteiger partial charge in [0.05, 0.1) is 0 Å². The summed E-state index contributed by atoms with van der Waals surface area (Å²) in [5, 5.41) is 11.3. The first kappa shape index (κ1) is 17.7. The van der Waals surface area contributed by atoms with E-state index in [1.807, 2.05) is 43.5 Å². The summed E-state index contributed by atoms with van der Waals surface area (Å²) in [6.07, 6.45) is 5.45. The molecule has 2 bridgehead atoms. The maximum Gasteiger partial charge on any atom is 0.410 e. The molecule has 2 fully saturated rings. The normalized spacial score (nSPS) is 30.3. The molecule has 24 heavy (non-hydrogen) atoms. The minimum absolute atomic E-state index is 0.00664. The molecule has 2 saturated heterocycles. The van der Waals surface area contributed by atoms with E-state index in [1.54, 1.807) is 0 Å². The Morgan fingerprint density at radius 3 is 2.42 bits per heavy atom. The fourth-order valence-corrected chi connectivity index (χ4v) is 4.56. The summed E-state index contributed by atoms with van der Waals surface area (Å²) >= 11 is 3.38. The second-order valence-electron chi connectivity index (χ2n) is 8.06. The predicted octanol–water partition coefficient (Wildman–Crippen LogP) is 3.32. The van der Waals surface area contributed by atoms with Crippen LogP contribution in [0.15, 0.2) is 10.8 Å². The number of ether oxygens (including phenoxy) is 1. The van der Waals surface area contributed by atoms with Gasteiger partial charge in [0.15, 0.2) is 0 Å². The number of aryl methyl sites for hydroxylation is 1. The van der Waals surface area contributed by atoms with Crippen molar-refractivity contribution in [2.24, 2.45) is 7.05 Å². The number of halogens is 1. The molecule has 1 amide bonds. The van der Waals surface area contributed by atoms with Crippen LogP contribution >= 0.6 is 15.9 Å². The second kappa shape index (κ2) is 6.02. The van der Waals surface area contributed by atoms with Crippen molar-refractivity contribution in [1.29, 1.82) is 0 Å². The van der Waals surface area contributed by atoms with Crippen molar-refractivity contribution in [3.05, 3.63) is 16.6 Å². The molecular formula is C17H26BrN3O3. The maximum absolute atomic E-state index is 12.6. The molecule has 6 nitrogen and oxygen atoms in total. The Bertz CT molecular complexity index is 624. The largest absolute Gasteiger partial charge is 0.444 e. The number of carbonyl (C=O) groups excluding carboxylic acids is 1. The average molecular weight is 400 g/mol. The van der Waals surface area contributed by atoms with E-state index in [9.17, 15) is 9.90 Å². The third kappa shape index (κ3) is 3.33. The van der Waals surface area contributed by atoms with E-state index in [0.717, 1.165) is 19.3 Å².